The number of hydrogen-bond donors (Lipinski definition) is 2. The van der Waals surface area contributed by atoms with Crippen LogP contribution in [0.1, 0.15) is 41.5 Å². The van der Waals surface area contributed by atoms with E-state index >= 15 is 0 Å². The van der Waals surface area contributed by atoms with Gasteiger partial charge in [0.1, 0.15) is 11.5 Å². The third-order valence-electron chi connectivity index (χ3n) is 6.76. The molecular weight excluding hydrogens is 469 g/mol. The Labute approximate surface area is 206 Å². The van der Waals surface area contributed by atoms with Gasteiger partial charge in [-0.1, -0.05) is 30.3 Å². The van der Waals surface area contributed by atoms with Crippen molar-refractivity contribution in [3.05, 3.63) is 94.7 Å². The number of allylic oxidation sites excluding steroid dienone is 1. The van der Waals surface area contributed by atoms with E-state index < -0.39 is 17.8 Å². The Balaban J connectivity index is 1.66. The molecule has 186 valence electrons. The zero-order valence-electron chi connectivity index (χ0n) is 19.8. The summed E-state index contributed by atoms with van der Waals surface area (Å²) in [6, 6.07) is 17.1. The Morgan fingerprint density at radius 2 is 1.58 bits per heavy atom. The van der Waals surface area contributed by atoms with Crippen LogP contribution in [0.15, 0.2) is 78.0 Å². The van der Waals surface area contributed by atoms with Gasteiger partial charge in [0.05, 0.1) is 37.2 Å². The molecule has 0 saturated heterocycles. The summed E-state index contributed by atoms with van der Waals surface area (Å²) in [5.41, 5.74) is 2.30. The van der Waals surface area contributed by atoms with Crippen molar-refractivity contribution in [3.63, 3.8) is 0 Å². The van der Waals surface area contributed by atoms with Crippen molar-refractivity contribution >= 4 is 17.2 Å². The molecule has 8 heteroatoms. The number of alkyl halides is 3. The summed E-state index contributed by atoms with van der Waals surface area (Å²) in [5.74, 6) is 0.804. The molecule has 0 saturated carbocycles. The first kappa shape index (κ1) is 23.8. The van der Waals surface area contributed by atoms with Gasteiger partial charge in [0.15, 0.2) is 5.78 Å². The van der Waals surface area contributed by atoms with Crippen molar-refractivity contribution < 1.29 is 27.4 Å². The van der Waals surface area contributed by atoms with E-state index in [1.54, 1.807) is 44.6 Å². The Hall–Kier alpha value is -3.94. The van der Waals surface area contributed by atoms with Gasteiger partial charge in [0, 0.05) is 29.2 Å². The lowest BCUT2D eigenvalue weighted by Crippen LogP contribution is -2.28. The monoisotopic (exact) mass is 494 g/mol. The third-order valence-corrected chi connectivity index (χ3v) is 6.76. The fraction of sp³-hybridized carbons (Fsp3) is 0.250. The van der Waals surface area contributed by atoms with Crippen LogP contribution >= 0.6 is 0 Å². The van der Waals surface area contributed by atoms with Gasteiger partial charge in [-0.2, -0.15) is 13.2 Å². The second kappa shape index (κ2) is 9.26. The maximum Gasteiger partial charge on any atom is 0.416 e. The number of methoxy groups -OCH3 is 2. The lowest BCUT2D eigenvalue weighted by Gasteiger charge is -2.31. The summed E-state index contributed by atoms with van der Waals surface area (Å²) >= 11 is 0. The smallest absolute Gasteiger partial charge is 0.416 e. The van der Waals surface area contributed by atoms with Crippen molar-refractivity contribution in [2.24, 2.45) is 0 Å². The van der Waals surface area contributed by atoms with E-state index in [0.717, 1.165) is 11.6 Å². The molecule has 1 aliphatic heterocycles. The average Bonchev–Trinajstić information content (AvgIpc) is 3.04. The van der Waals surface area contributed by atoms with Crippen molar-refractivity contribution in [1.82, 2.24) is 0 Å². The molecule has 0 bridgehead atoms. The fourth-order valence-electron chi connectivity index (χ4n) is 5.11. The van der Waals surface area contributed by atoms with Crippen molar-refractivity contribution in [3.8, 4) is 11.5 Å². The number of benzene rings is 3. The Kier molecular flexibility index (Phi) is 6.12. The first-order valence-electron chi connectivity index (χ1n) is 11.6. The Morgan fingerprint density at radius 1 is 0.861 bits per heavy atom. The maximum absolute atomic E-state index is 14.0. The number of halogens is 3. The Bertz CT molecular complexity index is 1350. The van der Waals surface area contributed by atoms with Crippen LogP contribution in [-0.2, 0) is 11.0 Å². The van der Waals surface area contributed by atoms with Crippen LogP contribution in [0, 0.1) is 0 Å². The van der Waals surface area contributed by atoms with Crippen LogP contribution in [-0.4, -0.2) is 20.0 Å². The van der Waals surface area contributed by atoms with Crippen LogP contribution in [0.4, 0.5) is 24.5 Å². The number of hydrogen-bond acceptors (Lipinski definition) is 5. The number of nitrogens with one attached hydrogen (secondary N) is 2. The van der Waals surface area contributed by atoms with Gasteiger partial charge in [-0.05, 0) is 48.4 Å². The second-order valence-corrected chi connectivity index (χ2v) is 8.86. The molecule has 1 heterocycles. The predicted molar refractivity (Wildman–Crippen MR) is 131 cm³/mol. The molecule has 3 aromatic carbocycles. The molecule has 0 spiro atoms. The largest absolute Gasteiger partial charge is 0.497 e. The van der Waals surface area contributed by atoms with E-state index in [1.165, 1.54) is 12.1 Å². The van der Waals surface area contributed by atoms with E-state index in [4.69, 9.17) is 9.47 Å². The molecule has 36 heavy (non-hydrogen) atoms. The molecule has 1 aliphatic carbocycles. The number of rotatable bonds is 4. The minimum absolute atomic E-state index is 0.0155. The van der Waals surface area contributed by atoms with E-state index in [2.05, 4.69) is 10.6 Å². The summed E-state index contributed by atoms with van der Waals surface area (Å²) in [7, 11) is 3.13. The fourth-order valence-corrected chi connectivity index (χ4v) is 5.11. The first-order chi connectivity index (χ1) is 17.3. The normalized spacial score (nSPS) is 19.4. The molecule has 0 radical (unpaired) electrons. The molecule has 5 nitrogen and oxygen atoms in total. The van der Waals surface area contributed by atoms with Crippen LogP contribution in [0.25, 0.3) is 0 Å². The minimum atomic E-state index is -4.56. The SMILES string of the molecule is COc1ccc(OC)c(C2CC(=O)C3=C(C2)Nc2ccccc2NC3c2ccccc2C(F)(F)F)c1. The standard InChI is InChI=1S/C28H25F3N2O3/c1-35-17-11-12-25(36-2)19(15-17)16-13-23-26(24(34)14-16)27(33-22-10-6-5-9-21(22)32-23)18-7-3-4-8-20(18)28(29,30)31/h3-12,15-16,27,32-33H,13-14H2,1-2H3. The summed E-state index contributed by atoms with van der Waals surface area (Å²) in [5, 5.41) is 6.59. The highest BCUT2D eigenvalue weighted by atomic mass is 19.4. The zero-order valence-corrected chi connectivity index (χ0v) is 19.8. The van der Waals surface area contributed by atoms with E-state index in [9.17, 15) is 18.0 Å². The molecule has 2 aliphatic rings. The number of fused-ring (bicyclic) bond motifs is 1. The molecule has 5 rings (SSSR count). The van der Waals surface area contributed by atoms with Crippen LogP contribution in [0.3, 0.4) is 0 Å². The number of carbonyl (C=O) groups excluding carboxylic acids is 1. The van der Waals surface area contributed by atoms with Gasteiger partial charge < -0.3 is 20.1 Å². The molecule has 3 aromatic rings. The van der Waals surface area contributed by atoms with E-state index in [1.807, 2.05) is 18.2 Å². The topological polar surface area (TPSA) is 59.6 Å². The van der Waals surface area contributed by atoms with Gasteiger partial charge >= 0.3 is 6.18 Å². The van der Waals surface area contributed by atoms with E-state index in [-0.39, 0.29) is 23.7 Å². The highest BCUT2D eigenvalue weighted by molar-refractivity contribution is 6.01. The van der Waals surface area contributed by atoms with Crippen LogP contribution < -0.4 is 20.1 Å². The summed E-state index contributed by atoms with van der Waals surface area (Å²) in [6.07, 6.45) is -4.01. The summed E-state index contributed by atoms with van der Waals surface area (Å²) in [6.45, 7) is 0. The number of ether oxygens (including phenoxy) is 2. The highest BCUT2D eigenvalue weighted by Crippen LogP contribution is 2.48. The predicted octanol–water partition coefficient (Wildman–Crippen LogP) is 6.70. The highest BCUT2D eigenvalue weighted by Gasteiger charge is 2.41. The lowest BCUT2D eigenvalue weighted by atomic mass is 9.77. The second-order valence-electron chi connectivity index (χ2n) is 8.86. The van der Waals surface area contributed by atoms with Gasteiger partial charge in [0.25, 0.3) is 0 Å². The molecule has 0 fully saturated rings. The van der Waals surface area contributed by atoms with Crippen LogP contribution in [0.5, 0.6) is 11.5 Å². The molecule has 0 aromatic heterocycles. The molecule has 0 amide bonds. The summed E-state index contributed by atoms with van der Waals surface area (Å²) in [4.78, 5) is 13.7. The Morgan fingerprint density at radius 3 is 2.31 bits per heavy atom. The molecular formula is C28H25F3N2O3. The van der Waals surface area contributed by atoms with Crippen molar-refractivity contribution in [2.75, 3.05) is 24.9 Å². The summed E-state index contributed by atoms with van der Waals surface area (Å²) < 4.78 is 52.9. The van der Waals surface area contributed by atoms with Crippen molar-refractivity contribution in [1.29, 1.82) is 0 Å². The number of Topliss-reactive ketones (excluding diaryl/α,β-unsaturated/α-hetero) is 1. The molecule has 2 atom stereocenters. The average molecular weight is 495 g/mol. The van der Waals surface area contributed by atoms with E-state index in [0.29, 0.717) is 40.6 Å². The number of para-hydroxylation sites is 2. The molecule has 2 unspecified atom stereocenters. The van der Waals surface area contributed by atoms with Gasteiger partial charge in [-0.25, -0.2) is 0 Å². The van der Waals surface area contributed by atoms with Gasteiger partial charge in [0.2, 0.25) is 0 Å². The zero-order chi connectivity index (χ0) is 25.4. The molecule has 2 N–H and O–H groups in total. The van der Waals surface area contributed by atoms with Crippen LogP contribution in [0.2, 0.25) is 0 Å². The van der Waals surface area contributed by atoms with Gasteiger partial charge in [-0.15, -0.1) is 0 Å². The first-order valence-corrected chi connectivity index (χ1v) is 11.6. The number of carbonyl (C=O) groups is 1. The minimum Gasteiger partial charge on any atom is -0.497 e. The third kappa shape index (κ3) is 4.27. The number of ketones is 1. The maximum atomic E-state index is 14.0. The van der Waals surface area contributed by atoms with Gasteiger partial charge in [-0.3, -0.25) is 4.79 Å². The van der Waals surface area contributed by atoms with Crippen molar-refractivity contribution in [2.45, 2.75) is 31.0 Å². The lowest BCUT2D eigenvalue weighted by molar-refractivity contribution is -0.138. The number of anilines is 2. The quantitative estimate of drug-likeness (QED) is 0.423.